The van der Waals surface area contributed by atoms with Crippen LogP contribution in [0.25, 0.3) is 5.52 Å². The number of rotatable bonds is 13. The maximum absolute atomic E-state index is 14.5. The van der Waals surface area contributed by atoms with E-state index < -0.39 is 62.2 Å². The number of nitrogens with two attached hydrogens (primary N) is 1. The number of nitrogens with one attached hydrogen (secondary N) is 1. The Balaban J connectivity index is 1.46. The monoisotopic (exact) mass is 726 g/mol. The van der Waals surface area contributed by atoms with Crippen LogP contribution in [0.4, 0.5) is 5.82 Å². The van der Waals surface area contributed by atoms with Gasteiger partial charge < -0.3 is 29.2 Å². The van der Waals surface area contributed by atoms with E-state index in [0.29, 0.717) is 5.52 Å². The first-order valence-corrected chi connectivity index (χ1v) is 18.1. The molecule has 17 heteroatoms. The second-order valence-electron chi connectivity index (χ2n) is 13.7. The third kappa shape index (κ3) is 8.50. The van der Waals surface area contributed by atoms with Gasteiger partial charge in [0.1, 0.15) is 35.9 Å². The summed E-state index contributed by atoms with van der Waals surface area (Å²) in [5, 5.41) is 17.7. The van der Waals surface area contributed by atoms with Crippen molar-refractivity contribution in [2.75, 3.05) is 12.3 Å². The Bertz CT molecular complexity index is 1850. The van der Waals surface area contributed by atoms with Gasteiger partial charge >= 0.3 is 25.7 Å². The molecule has 2 fully saturated rings. The van der Waals surface area contributed by atoms with E-state index in [4.69, 9.17) is 33.7 Å². The van der Waals surface area contributed by atoms with Gasteiger partial charge in [0.05, 0.1) is 18.7 Å². The predicted octanol–water partition coefficient (Wildman–Crippen LogP) is 4.26. The number of aromatic nitrogens is 3. The summed E-state index contributed by atoms with van der Waals surface area (Å²) in [7, 11) is -4.36. The molecule has 16 nitrogen and oxygen atoms in total. The molecule has 0 radical (unpaired) electrons. The van der Waals surface area contributed by atoms with Crippen LogP contribution < -0.4 is 15.3 Å². The molecule has 0 bridgehead atoms. The first-order chi connectivity index (χ1) is 24.0. The van der Waals surface area contributed by atoms with Gasteiger partial charge in [0, 0.05) is 19.9 Å². The number of ether oxygens (including phenoxy) is 4. The van der Waals surface area contributed by atoms with Crippen LogP contribution in [0.5, 0.6) is 5.75 Å². The number of anilines is 1. The number of nitrogen functional groups attached to an aromatic ring is 1. The molecule has 3 aromatic rings. The van der Waals surface area contributed by atoms with Crippen molar-refractivity contribution in [3.05, 3.63) is 54.0 Å². The van der Waals surface area contributed by atoms with E-state index in [1.807, 2.05) is 32.9 Å². The fourth-order valence-electron chi connectivity index (χ4n) is 5.88. The summed E-state index contributed by atoms with van der Waals surface area (Å²) in [6.45, 7) is 9.44. The van der Waals surface area contributed by atoms with Gasteiger partial charge in [-0.3, -0.25) is 18.9 Å². The quantitative estimate of drug-likeness (QED) is 0.143. The van der Waals surface area contributed by atoms with Crippen molar-refractivity contribution in [2.24, 2.45) is 0 Å². The summed E-state index contributed by atoms with van der Waals surface area (Å²) in [6, 6.07) is 11.3. The fourth-order valence-corrected chi connectivity index (χ4v) is 7.43. The third-order valence-corrected chi connectivity index (χ3v) is 10.3. The van der Waals surface area contributed by atoms with Crippen LogP contribution >= 0.6 is 7.75 Å². The van der Waals surface area contributed by atoms with Gasteiger partial charge in [0.25, 0.3) is 0 Å². The standard InChI is InChI=1S/C34H43N6O10P/c1-20(16-29(43)48-24-8-7-9-24)39-51(44,50-25-12-10-23(11-13-25)33(4,5)6)45-17-27-30(46-21(2)41)31(47-22(3)42)34(18-35,49-27)28-15-14-26-32(36)37-19-38-40(26)28/h10-15,19-20,24,27,30-31H,7-9,16-17H2,1-6H3,(H,39,44)(H2,36,37,38)/t20-,27+,30+,31+,34-,51?/m0/s1. The van der Waals surface area contributed by atoms with Crippen molar-refractivity contribution in [1.82, 2.24) is 19.7 Å². The highest BCUT2D eigenvalue weighted by Crippen LogP contribution is 2.49. The zero-order valence-electron chi connectivity index (χ0n) is 29.4. The molecular formula is C34H43N6O10P. The van der Waals surface area contributed by atoms with Crippen LogP contribution in [0.15, 0.2) is 42.7 Å². The fraction of sp³-hybridized carbons (Fsp3) is 0.529. The number of benzene rings is 1. The van der Waals surface area contributed by atoms with Gasteiger partial charge in [-0.25, -0.2) is 19.2 Å². The lowest BCUT2D eigenvalue weighted by Gasteiger charge is -2.28. The molecule has 1 aliphatic heterocycles. The van der Waals surface area contributed by atoms with Crippen LogP contribution in [0, 0.1) is 11.3 Å². The summed E-state index contributed by atoms with van der Waals surface area (Å²) >= 11 is 0. The molecule has 1 saturated carbocycles. The smallest absolute Gasteiger partial charge is 0.459 e. The largest absolute Gasteiger partial charge is 0.462 e. The van der Waals surface area contributed by atoms with E-state index in [0.717, 1.165) is 38.7 Å². The van der Waals surface area contributed by atoms with Gasteiger partial charge in [-0.2, -0.15) is 10.4 Å². The molecule has 6 atom stereocenters. The van der Waals surface area contributed by atoms with Crippen molar-refractivity contribution in [1.29, 1.82) is 5.26 Å². The molecule has 274 valence electrons. The molecule has 2 aromatic heterocycles. The van der Waals surface area contributed by atoms with Crippen LogP contribution in [-0.2, 0) is 53.4 Å². The predicted molar refractivity (Wildman–Crippen MR) is 181 cm³/mol. The molecule has 0 amide bonds. The highest BCUT2D eigenvalue weighted by atomic mass is 31.2. The maximum atomic E-state index is 14.5. The van der Waals surface area contributed by atoms with E-state index in [2.05, 4.69) is 21.2 Å². The van der Waals surface area contributed by atoms with Crippen LogP contribution in [-0.4, -0.2) is 69.6 Å². The van der Waals surface area contributed by atoms with Crippen molar-refractivity contribution < 1.29 is 46.9 Å². The average Bonchev–Trinajstić information content (AvgIpc) is 3.58. The molecule has 51 heavy (non-hydrogen) atoms. The summed E-state index contributed by atoms with van der Waals surface area (Å²) in [4.78, 5) is 41.4. The van der Waals surface area contributed by atoms with Gasteiger partial charge in [0.2, 0.25) is 5.60 Å². The van der Waals surface area contributed by atoms with E-state index in [1.54, 1.807) is 25.1 Å². The number of nitriles is 1. The van der Waals surface area contributed by atoms with E-state index >= 15 is 0 Å². The van der Waals surface area contributed by atoms with Gasteiger partial charge in [0.15, 0.2) is 18.0 Å². The number of carbonyl (C=O) groups excluding carboxylic acids is 3. The number of carbonyl (C=O) groups is 3. The number of hydrogen-bond acceptors (Lipinski definition) is 14. The number of fused-ring (bicyclic) bond motifs is 1. The van der Waals surface area contributed by atoms with Gasteiger partial charge in [-0.1, -0.05) is 32.9 Å². The molecule has 1 aliphatic carbocycles. The molecule has 0 spiro atoms. The van der Waals surface area contributed by atoms with E-state index in [1.165, 1.54) is 16.9 Å². The summed E-state index contributed by atoms with van der Waals surface area (Å²) in [5.41, 5.74) is 5.18. The summed E-state index contributed by atoms with van der Waals surface area (Å²) < 4.78 is 50.7. The van der Waals surface area contributed by atoms with Gasteiger partial charge in [-0.15, -0.1) is 0 Å². The summed E-state index contributed by atoms with van der Waals surface area (Å²) in [5.74, 6) is -1.74. The molecule has 3 N–H and O–H groups in total. The minimum atomic E-state index is -4.36. The lowest BCUT2D eigenvalue weighted by atomic mass is 9.87. The number of nitrogens with zero attached hydrogens (tertiary/aromatic N) is 4. The lowest BCUT2D eigenvalue weighted by molar-refractivity contribution is -0.166. The Morgan fingerprint density at radius 1 is 1.12 bits per heavy atom. The zero-order chi connectivity index (χ0) is 37.1. The number of hydrogen-bond donors (Lipinski definition) is 2. The van der Waals surface area contributed by atoms with E-state index in [9.17, 15) is 24.2 Å². The van der Waals surface area contributed by atoms with Crippen molar-refractivity contribution in [3.63, 3.8) is 0 Å². The Labute approximate surface area is 295 Å². The van der Waals surface area contributed by atoms with Crippen LogP contribution in [0.3, 0.4) is 0 Å². The van der Waals surface area contributed by atoms with Crippen LogP contribution in [0.1, 0.15) is 78.5 Å². The highest BCUT2D eigenvalue weighted by Gasteiger charge is 2.62. The maximum Gasteiger partial charge on any atom is 0.459 e. The Hall–Kier alpha value is -4.55. The molecule has 1 saturated heterocycles. The second-order valence-corrected chi connectivity index (χ2v) is 15.4. The minimum Gasteiger partial charge on any atom is -0.462 e. The first kappa shape index (κ1) is 37.7. The van der Waals surface area contributed by atoms with Crippen molar-refractivity contribution in [2.45, 2.75) is 109 Å². The second kappa shape index (κ2) is 15.0. The molecule has 5 rings (SSSR count). The van der Waals surface area contributed by atoms with Crippen LogP contribution in [0.2, 0.25) is 0 Å². The van der Waals surface area contributed by atoms with Crippen molar-refractivity contribution in [3.8, 4) is 11.8 Å². The molecular weight excluding hydrogens is 683 g/mol. The minimum absolute atomic E-state index is 0.0927. The third-order valence-electron chi connectivity index (χ3n) is 8.58. The van der Waals surface area contributed by atoms with Crippen molar-refractivity contribution >= 4 is 37.0 Å². The molecule has 3 heterocycles. The first-order valence-electron chi connectivity index (χ1n) is 16.6. The molecule has 2 aliphatic rings. The SMILES string of the molecule is CC(=O)O[C@H]1[C@@H](OC(C)=O)[C@](C#N)(c2ccc3c(N)ncnn23)O[C@@H]1COP(=O)(N[C@@H](C)CC(=O)OC1CCC1)Oc1ccc(C(C)(C)C)cc1. The summed E-state index contributed by atoms with van der Waals surface area (Å²) in [6.07, 6.45) is -0.815. The Morgan fingerprint density at radius 3 is 2.39 bits per heavy atom. The Morgan fingerprint density at radius 2 is 1.80 bits per heavy atom. The lowest BCUT2D eigenvalue weighted by Crippen LogP contribution is -2.45. The Kier molecular flexibility index (Phi) is 11.1. The normalized spacial score (nSPS) is 23.7. The molecule has 1 aromatic carbocycles. The van der Waals surface area contributed by atoms with Gasteiger partial charge in [-0.05, 0) is 61.4 Å². The molecule has 1 unspecified atom stereocenters. The average molecular weight is 727 g/mol. The van der Waals surface area contributed by atoms with E-state index in [-0.39, 0.29) is 35.2 Å². The topological polar surface area (TPSA) is 216 Å². The zero-order valence-corrected chi connectivity index (χ0v) is 30.3. The highest BCUT2D eigenvalue weighted by molar-refractivity contribution is 7.52. The number of esters is 3.